The van der Waals surface area contributed by atoms with Crippen molar-refractivity contribution in [3.8, 4) is 5.69 Å². The molecule has 0 bridgehead atoms. The number of nitrogens with zero attached hydrogens (tertiary/aromatic N) is 4. The summed E-state index contributed by atoms with van der Waals surface area (Å²) in [6.45, 7) is 2.13. The van der Waals surface area contributed by atoms with Gasteiger partial charge in [0.2, 0.25) is 0 Å². The Labute approximate surface area is 217 Å². The molecule has 1 unspecified atom stereocenters. The normalized spacial score (nSPS) is 17.8. The highest BCUT2D eigenvalue weighted by molar-refractivity contribution is 5.83. The van der Waals surface area contributed by atoms with Crippen molar-refractivity contribution in [1.82, 2.24) is 15.0 Å². The fourth-order valence-electron chi connectivity index (χ4n) is 5.50. The molecule has 1 heterocycles. The standard InChI is InChI=1S/C33H28N4/c1-23-10-14-27(15-11-23)36(30-16-12-24-6-2-3-8-26(24)22-30)28-17-19-29(20-18-28)37-34-32-21-13-25-7-4-5-9-31(25)33(32)35-37/h2-4,6-8,10-11,13-22,24H,5,9,12H2,1H3. The van der Waals surface area contributed by atoms with Gasteiger partial charge < -0.3 is 4.90 Å². The SMILES string of the molecule is Cc1ccc(N(C2=CCC3C=CC=CC3=C2)c2ccc(-n3nc4ccc5c(c4n3)CCC=C5)cc2)cc1. The molecule has 4 aromatic rings. The molecule has 4 heteroatoms. The number of benzene rings is 3. The molecule has 3 aromatic carbocycles. The van der Waals surface area contributed by atoms with Crippen molar-refractivity contribution in [2.45, 2.75) is 26.2 Å². The zero-order valence-corrected chi connectivity index (χ0v) is 20.9. The van der Waals surface area contributed by atoms with Crippen LogP contribution in [-0.4, -0.2) is 15.0 Å². The molecular weight excluding hydrogens is 452 g/mol. The van der Waals surface area contributed by atoms with Crippen LogP contribution < -0.4 is 4.90 Å². The zero-order valence-electron chi connectivity index (χ0n) is 20.9. The van der Waals surface area contributed by atoms with E-state index in [-0.39, 0.29) is 0 Å². The van der Waals surface area contributed by atoms with Gasteiger partial charge >= 0.3 is 0 Å². The quantitative estimate of drug-likeness (QED) is 0.299. The van der Waals surface area contributed by atoms with Crippen LogP contribution in [0.15, 0.2) is 114 Å². The lowest BCUT2D eigenvalue weighted by Crippen LogP contribution is -2.19. The van der Waals surface area contributed by atoms with Gasteiger partial charge in [0, 0.05) is 23.0 Å². The van der Waals surface area contributed by atoms with Gasteiger partial charge in [-0.2, -0.15) is 4.80 Å². The van der Waals surface area contributed by atoms with Crippen molar-refractivity contribution in [1.29, 1.82) is 0 Å². The Morgan fingerprint density at radius 1 is 0.865 bits per heavy atom. The molecule has 1 aromatic heterocycles. The van der Waals surface area contributed by atoms with E-state index < -0.39 is 0 Å². The molecule has 37 heavy (non-hydrogen) atoms. The summed E-state index contributed by atoms with van der Waals surface area (Å²) in [7, 11) is 0. The van der Waals surface area contributed by atoms with Crippen LogP contribution in [0.1, 0.15) is 29.5 Å². The predicted molar refractivity (Wildman–Crippen MR) is 152 cm³/mol. The van der Waals surface area contributed by atoms with Crippen molar-refractivity contribution in [2.24, 2.45) is 5.92 Å². The van der Waals surface area contributed by atoms with Gasteiger partial charge in [0.25, 0.3) is 0 Å². The van der Waals surface area contributed by atoms with Gasteiger partial charge in [0.1, 0.15) is 11.0 Å². The summed E-state index contributed by atoms with van der Waals surface area (Å²) in [6.07, 6.45) is 21.0. The minimum Gasteiger partial charge on any atom is -0.311 e. The summed E-state index contributed by atoms with van der Waals surface area (Å²) in [6, 6.07) is 21.6. The lowest BCUT2D eigenvalue weighted by Gasteiger charge is -2.30. The van der Waals surface area contributed by atoms with E-state index in [0.717, 1.165) is 47.4 Å². The number of allylic oxidation sites excluding steroid dienone is 8. The number of rotatable bonds is 4. The second-order valence-electron chi connectivity index (χ2n) is 9.98. The molecule has 0 saturated heterocycles. The lowest BCUT2D eigenvalue weighted by molar-refractivity contribution is 0.763. The topological polar surface area (TPSA) is 34.0 Å². The van der Waals surface area contributed by atoms with Crippen LogP contribution in [0, 0.1) is 12.8 Å². The minimum absolute atomic E-state index is 0.470. The Morgan fingerprint density at radius 2 is 1.68 bits per heavy atom. The molecule has 7 rings (SSSR count). The molecule has 0 saturated carbocycles. The monoisotopic (exact) mass is 480 g/mol. The number of hydrogen-bond acceptors (Lipinski definition) is 3. The predicted octanol–water partition coefficient (Wildman–Crippen LogP) is 7.78. The molecule has 0 aliphatic heterocycles. The second-order valence-corrected chi connectivity index (χ2v) is 9.98. The largest absolute Gasteiger partial charge is 0.311 e. The third kappa shape index (κ3) is 3.95. The van der Waals surface area contributed by atoms with E-state index in [1.165, 1.54) is 28.0 Å². The smallest absolute Gasteiger partial charge is 0.117 e. The fourth-order valence-corrected chi connectivity index (χ4v) is 5.50. The molecule has 0 radical (unpaired) electrons. The van der Waals surface area contributed by atoms with E-state index in [0.29, 0.717) is 5.92 Å². The van der Waals surface area contributed by atoms with Crippen LogP contribution in [0.25, 0.3) is 22.8 Å². The van der Waals surface area contributed by atoms with E-state index in [4.69, 9.17) is 10.2 Å². The first-order valence-corrected chi connectivity index (χ1v) is 13.0. The Morgan fingerprint density at radius 3 is 2.51 bits per heavy atom. The highest BCUT2D eigenvalue weighted by Crippen LogP contribution is 2.37. The van der Waals surface area contributed by atoms with Gasteiger partial charge in [-0.1, -0.05) is 66.3 Å². The maximum atomic E-state index is 4.90. The Bertz CT molecular complexity index is 1640. The molecule has 3 aliphatic carbocycles. The van der Waals surface area contributed by atoms with Crippen molar-refractivity contribution in [2.75, 3.05) is 4.90 Å². The number of anilines is 2. The summed E-state index contributed by atoms with van der Waals surface area (Å²) in [5.41, 5.74) is 11.6. The van der Waals surface area contributed by atoms with Gasteiger partial charge in [-0.15, -0.1) is 10.2 Å². The molecule has 1 atom stereocenters. The van der Waals surface area contributed by atoms with Crippen LogP contribution >= 0.6 is 0 Å². The number of aryl methyl sites for hydroxylation is 2. The van der Waals surface area contributed by atoms with Gasteiger partial charge in [0.05, 0.1) is 5.69 Å². The maximum absolute atomic E-state index is 4.90. The number of fused-ring (bicyclic) bond motifs is 4. The second kappa shape index (κ2) is 8.90. The average Bonchev–Trinajstić information content (AvgIpc) is 3.40. The lowest BCUT2D eigenvalue weighted by atomic mass is 9.87. The Hall–Kier alpha value is -4.44. The van der Waals surface area contributed by atoms with E-state index >= 15 is 0 Å². The van der Waals surface area contributed by atoms with Gasteiger partial charge in [-0.3, -0.25) is 0 Å². The molecule has 0 N–H and O–H groups in total. The Kier molecular flexibility index (Phi) is 5.24. The van der Waals surface area contributed by atoms with Crippen molar-refractivity contribution in [3.05, 3.63) is 131 Å². The van der Waals surface area contributed by atoms with Crippen LogP contribution in [0.2, 0.25) is 0 Å². The van der Waals surface area contributed by atoms with Crippen molar-refractivity contribution < 1.29 is 0 Å². The minimum atomic E-state index is 0.470. The molecule has 180 valence electrons. The van der Waals surface area contributed by atoms with Crippen LogP contribution in [-0.2, 0) is 6.42 Å². The van der Waals surface area contributed by atoms with E-state index in [9.17, 15) is 0 Å². The van der Waals surface area contributed by atoms with E-state index in [2.05, 4.69) is 121 Å². The highest BCUT2D eigenvalue weighted by atomic mass is 15.5. The third-order valence-electron chi connectivity index (χ3n) is 7.51. The average molecular weight is 481 g/mol. The van der Waals surface area contributed by atoms with Gasteiger partial charge in [-0.05, 0) is 91.4 Å². The number of aromatic nitrogens is 3. The molecule has 3 aliphatic rings. The van der Waals surface area contributed by atoms with Crippen molar-refractivity contribution >= 4 is 28.5 Å². The van der Waals surface area contributed by atoms with Crippen LogP contribution in [0.4, 0.5) is 11.4 Å². The van der Waals surface area contributed by atoms with Crippen LogP contribution in [0.5, 0.6) is 0 Å². The summed E-state index contributed by atoms with van der Waals surface area (Å²) >= 11 is 0. The first-order valence-electron chi connectivity index (χ1n) is 13.0. The molecule has 0 spiro atoms. The van der Waals surface area contributed by atoms with E-state index in [1.54, 1.807) is 4.80 Å². The van der Waals surface area contributed by atoms with Gasteiger partial charge in [0.15, 0.2) is 0 Å². The summed E-state index contributed by atoms with van der Waals surface area (Å²) in [5, 5.41) is 9.70. The molecular formula is C33H28N4. The third-order valence-corrected chi connectivity index (χ3v) is 7.51. The molecule has 4 nitrogen and oxygen atoms in total. The van der Waals surface area contributed by atoms with E-state index in [1.807, 2.05) is 0 Å². The number of hydrogen-bond donors (Lipinski definition) is 0. The first kappa shape index (κ1) is 21.8. The molecule has 0 fully saturated rings. The fraction of sp³-hybridized carbons (Fsp3) is 0.152. The van der Waals surface area contributed by atoms with Crippen LogP contribution in [0.3, 0.4) is 0 Å². The zero-order chi connectivity index (χ0) is 24.8. The summed E-state index contributed by atoms with van der Waals surface area (Å²) < 4.78 is 0. The molecule has 0 amide bonds. The summed E-state index contributed by atoms with van der Waals surface area (Å²) in [4.78, 5) is 4.11. The Balaban J connectivity index is 1.26. The first-order chi connectivity index (χ1) is 18.2. The maximum Gasteiger partial charge on any atom is 0.117 e. The summed E-state index contributed by atoms with van der Waals surface area (Å²) in [5.74, 6) is 0.470. The highest BCUT2D eigenvalue weighted by Gasteiger charge is 2.21. The van der Waals surface area contributed by atoms with Gasteiger partial charge in [-0.25, -0.2) is 0 Å². The van der Waals surface area contributed by atoms with Crippen molar-refractivity contribution in [3.63, 3.8) is 0 Å².